The minimum atomic E-state index is -0.344. The number of carbonyl (C=O) groups excluding carboxylic acids is 1. The van der Waals surface area contributed by atoms with E-state index < -0.39 is 0 Å². The minimum absolute atomic E-state index is 0.0982. The van der Waals surface area contributed by atoms with Gasteiger partial charge in [0.2, 0.25) is 5.91 Å². The summed E-state index contributed by atoms with van der Waals surface area (Å²) < 4.78 is 1.16. The Morgan fingerprint density at radius 2 is 1.86 bits per heavy atom. The molecule has 2 N–H and O–H groups in total. The van der Waals surface area contributed by atoms with Gasteiger partial charge >= 0.3 is 0 Å². The molecule has 0 heterocycles. The quantitative estimate of drug-likeness (QED) is 0.713. The lowest BCUT2D eigenvalue weighted by molar-refractivity contribution is -0.116. The lowest BCUT2D eigenvalue weighted by Gasteiger charge is -2.16. The van der Waals surface area contributed by atoms with Crippen LogP contribution in [-0.2, 0) is 4.79 Å². The molecule has 0 aliphatic rings. The Labute approximate surface area is 143 Å². The van der Waals surface area contributed by atoms with Crippen LogP contribution < -0.4 is 10.6 Å². The average Bonchev–Trinajstić information content (AvgIpc) is 2.45. The predicted octanol–water partition coefficient (Wildman–Crippen LogP) is 4.69. The van der Waals surface area contributed by atoms with Gasteiger partial charge in [0, 0.05) is 20.0 Å². The summed E-state index contributed by atoms with van der Waals surface area (Å²) in [6.45, 7) is 3.76. The van der Waals surface area contributed by atoms with Crippen LogP contribution in [0, 0.1) is 10.5 Å². The molecule has 3 nitrogen and oxygen atoms in total. The number of amides is 1. The molecule has 0 radical (unpaired) electrons. The maximum atomic E-state index is 12.2. The van der Waals surface area contributed by atoms with Gasteiger partial charge < -0.3 is 10.6 Å². The number of aryl methyl sites for hydroxylation is 1. The van der Waals surface area contributed by atoms with Gasteiger partial charge in [-0.3, -0.25) is 4.79 Å². The highest BCUT2D eigenvalue weighted by Gasteiger charge is 2.13. The van der Waals surface area contributed by atoms with Crippen molar-refractivity contribution in [2.24, 2.45) is 0 Å². The van der Waals surface area contributed by atoms with Crippen molar-refractivity contribution in [1.29, 1.82) is 0 Å². The number of hydrogen-bond donors (Lipinski definition) is 2. The fourth-order valence-electron chi connectivity index (χ4n) is 1.83. The Hall–Kier alpha value is -1.27. The molecule has 2 rings (SSSR count). The minimum Gasteiger partial charge on any atom is -0.374 e. The summed E-state index contributed by atoms with van der Waals surface area (Å²) in [7, 11) is 0. The lowest BCUT2D eigenvalue weighted by Crippen LogP contribution is -2.32. The van der Waals surface area contributed by atoms with E-state index in [4.69, 9.17) is 11.6 Å². The smallest absolute Gasteiger partial charge is 0.246 e. The van der Waals surface area contributed by atoms with Crippen LogP contribution in [0.15, 0.2) is 42.5 Å². The van der Waals surface area contributed by atoms with Crippen molar-refractivity contribution in [3.05, 3.63) is 56.6 Å². The zero-order chi connectivity index (χ0) is 15.4. The van der Waals surface area contributed by atoms with Crippen LogP contribution in [0.4, 0.5) is 11.4 Å². The molecule has 1 amide bonds. The summed E-state index contributed by atoms with van der Waals surface area (Å²) in [5, 5.41) is 6.68. The third-order valence-electron chi connectivity index (χ3n) is 3.08. The molecule has 0 spiro atoms. The molecule has 0 unspecified atom stereocenters. The molecule has 0 fully saturated rings. The van der Waals surface area contributed by atoms with Gasteiger partial charge in [-0.15, -0.1) is 0 Å². The van der Waals surface area contributed by atoms with Crippen LogP contribution in [0.3, 0.4) is 0 Å². The second kappa shape index (κ2) is 7.13. The Kier molecular flexibility index (Phi) is 5.47. The number of halogens is 2. The SMILES string of the molecule is Cc1ccc(Cl)cc1NC(=O)[C@H](C)Nc1ccc(I)cc1. The molecule has 0 saturated carbocycles. The molecule has 1 atom stereocenters. The summed E-state index contributed by atoms with van der Waals surface area (Å²) in [6, 6.07) is 13.0. The van der Waals surface area contributed by atoms with Crippen molar-refractivity contribution in [3.63, 3.8) is 0 Å². The normalized spacial score (nSPS) is 11.8. The lowest BCUT2D eigenvalue weighted by atomic mass is 10.2. The van der Waals surface area contributed by atoms with Crippen molar-refractivity contribution in [3.8, 4) is 0 Å². The highest BCUT2D eigenvalue weighted by atomic mass is 127. The zero-order valence-corrected chi connectivity index (χ0v) is 14.7. The fraction of sp³-hybridized carbons (Fsp3) is 0.188. The second-order valence-electron chi connectivity index (χ2n) is 4.82. The van der Waals surface area contributed by atoms with Gasteiger partial charge in [-0.2, -0.15) is 0 Å². The van der Waals surface area contributed by atoms with Crippen LogP contribution in [0.25, 0.3) is 0 Å². The fourth-order valence-corrected chi connectivity index (χ4v) is 2.36. The predicted molar refractivity (Wildman–Crippen MR) is 97.1 cm³/mol. The summed E-state index contributed by atoms with van der Waals surface area (Å²) in [5.74, 6) is -0.0982. The monoisotopic (exact) mass is 414 g/mol. The van der Waals surface area contributed by atoms with E-state index in [0.29, 0.717) is 5.02 Å². The van der Waals surface area contributed by atoms with Crippen molar-refractivity contribution >= 4 is 51.5 Å². The van der Waals surface area contributed by atoms with Crippen LogP contribution >= 0.6 is 34.2 Å². The number of anilines is 2. The maximum Gasteiger partial charge on any atom is 0.246 e. The highest BCUT2D eigenvalue weighted by Crippen LogP contribution is 2.20. The van der Waals surface area contributed by atoms with Crippen LogP contribution in [0.5, 0.6) is 0 Å². The van der Waals surface area contributed by atoms with E-state index in [1.54, 1.807) is 12.1 Å². The molecular weight excluding hydrogens is 399 g/mol. The molecule has 0 saturated heterocycles. The summed E-state index contributed by atoms with van der Waals surface area (Å²) in [6.07, 6.45) is 0. The molecule has 0 aromatic heterocycles. The third-order valence-corrected chi connectivity index (χ3v) is 4.03. The Morgan fingerprint density at radius 3 is 2.52 bits per heavy atom. The standard InChI is InChI=1S/C16H16ClIN2O/c1-10-3-4-12(17)9-15(10)20-16(21)11(2)19-14-7-5-13(18)6-8-14/h3-9,11,19H,1-2H3,(H,20,21)/t11-/m0/s1. The molecule has 0 bridgehead atoms. The number of rotatable bonds is 4. The zero-order valence-electron chi connectivity index (χ0n) is 11.8. The van der Waals surface area contributed by atoms with Crippen molar-refractivity contribution in [1.82, 2.24) is 0 Å². The van der Waals surface area contributed by atoms with Gasteiger partial charge in [-0.1, -0.05) is 17.7 Å². The average molecular weight is 415 g/mol. The Morgan fingerprint density at radius 1 is 1.19 bits per heavy atom. The third kappa shape index (κ3) is 4.61. The molecule has 2 aromatic rings. The van der Waals surface area contributed by atoms with Gasteiger partial charge in [-0.25, -0.2) is 0 Å². The second-order valence-corrected chi connectivity index (χ2v) is 6.50. The molecule has 110 valence electrons. The largest absolute Gasteiger partial charge is 0.374 e. The molecule has 0 aliphatic carbocycles. The van der Waals surface area contributed by atoms with E-state index in [2.05, 4.69) is 33.2 Å². The number of nitrogens with one attached hydrogen (secondary N) is 2. The summed E-state index contributed by atoms with van der Waals surface area (Å²) in [5.41, 5.74) is 2.64. The van der Waals surface area contributed by atoms with Crippen molar-refractivity contribution in [2.75, 3.05) is 10.6 Å². The first kappa shape index (κ1) is 16.1. The first-order valence-electron chi connectivity index (χ1n) is 6.55. The van der Waals surface area contributed by atoms with Crippen molar-refractivity contribution in [2.45, 2.75) is 19.9 Å². The van der Waals surface area contributed by atoms with Crippen LogP contribution in [-0.4, -0.2) is 11.9 Å². The van der Waals surface area contributed by atoms with E-state index in [9.17, 15) is 4.79 Å². The summed E-state index contributed by atoms with van der Waals surface area (Å²) in [4.78, 5) is 12.2. The topological polar surface area (TPSA) is 41.1 Å². The highest BCUT2D eigenvalue weighted by molar-refractivity contribution is 14.1. The van der Waals surface area contributed by atoms with Gasteiger partial charge in [0.05, 0.1) is 0 Å². The number of benzene rings is 2. The van der Waals surface area contributed by atoms with Crippen LogP contribution in [0.1, 0.15) is 12.5 Å². The van der Waals surface area contributed by atoms with E-state index >= 15 is 0 Å². The number of hydrogen-bond acceptors (Lipinski definition) is 2. The van der Waals surface area contributed by atoms with Crippen LogP contribution in [0.2, 0.25) is 5.02 Å². The van der Waals surface area contributed by atoms with Gasteiger partial charge in [0.25, 0.3) is 0 Å². The first-order chi connectivity index (χ1) is 9.95. The molecule has 0 aliphatic heterocycles. The number of carbonyl (C=O) groups is 1. The van der Waals surface area contributed by atoms with E-state index in [-0.39, 0.29) is 11.9 Å². The Balaban J connectivity index is 2.02. The molecular formula is C16H16ClIN2O. The van der Waals surface area contributed by atoms with E-state index in [1.165, 1.54) is 0 Å². The summed E-state index contributed by atoms with van der Waals surface area (Å²) >= 11 is 8.20. The van der Waals surface area contributed by atoms with Gasteiger partial charge in [-0.05, 0) is 78.4 Å². The van der Waals surface area contributed by atoms with E-state index in [0.717, 1.165) is 20.5 Å². The Bertz CT molecular complexity index is 643. The van der Waals surface area contributed by atoms with Crippen molar-refractivity contribution < 1.29 is 4.79 Å². The van der Waals surface area contributed by atoms with Gasteiger partial charge in [0.1, 0.15) is 6.04 Å². The first-order valence-corrected chi connectivity index (χ1v) is 8.00. The molecule has 2 aromatic carbocycles. The molecule has 5 heteroatoms. The maximum absolute atomic E-state index is 12.2. The van der Waals surface area contributed by atoms with E-state index in [1.807, 2.05) is 44.2 Å². The van der Waals surface area contributed by atoms with Gasteiger partial charge in [0.15, 0.2) is 0 Å². The molecule has 21 heavy (non-hydrogen) atoms.